The van der Waals surface area contributed by atoms with Gasteiger partial charge in [-0.1, -0.05) is 12.1 Å². The SMILES string of the molecule is O=C(O)c1cccc(C(=O)[C]2[CH][CH][CH][CH]2)c1. The van der Waals surface area contributed by atoms with Crippen molar-refractivity contribution < 1.29 is 14.7 Å². The van der Waals surface area contributed by atoms with Crippen LogP contribution in [0, 0.1) is 31.6 Å². The van der Waals surface area contributed by atoms with Crippen molar-refractivity contribution in [2.24, 2.45) is 0 Å². The zero-order valence-electron chi connectivity index (χ0n) is 8.38. The number of benzene rings is 1. The number of ketones is 1. The maximum absolute atomic E-state index is 11.9. The Kier molecular flexibility index (Phi) is 3.04. The number of carbonyl (C=O) groups excluding carboxylic acids is 1. The summed E-state index contributed by atoms with van der Waals surface area (Å²) in [6.45, 7) is 0. The molecule has 0 spiro atoms. The van der Waals surface area contributed by atoms with Crippen LogP contribution < -0.4 is 0 Å². The van der Waals surface area contributed by atoms with Crippen molar-refractivity contribution in [1.29, 1.82) is 0 Å². The Hall–Kier alpha value is -1.64. The van der Waals surface area contributed by atoms with E-state index in [1.165, 1.54) is 12.1 Å². The number of Topliss-reactive ketones (excluding diaryl/α,β-unsaturated/α-hetero) is 1. The first-order chi connectivity index (χ1) is 7.68. The topological polar surface area (TPSA) is 54.4 Å². The van der Waals surface area contributed by atoms with Crippen molar-refractivity contribution in [1.82, 2.24) is 0 Å². The monoisotopic (exact) mass is 213 g/mol. The van der Waals surface area contributed by atoms with Gasteiger partial charge in [0.05, 0.1) is 11.5 Å². The summed E-state index contributed by atoms with van der Waals surface area (Å²) in [4.78, 5) is 22.6. The second-order valence-corrected chi connectivity index (χ2v) is 3.39. The van der Waals surface area contributed by atoms with Crippen molar-refractivity contribution in [3.8, 4) is 0 Å². The molecule has 1 saturated carbocycles. The van der Waals surface area contributed by atoms with E-state index in [1.807, 2.05) is 0 Å². The van der Waals surface area contributed by atoms with Gasteiger partial charge in [0.1, 0.15) is 0 Å². The second kappa shape index (κ2) is 4.47. The molecule has 79 valence electrons. The van der Waals surface area contributed by atoms with Crippen LogP contribution in [0.15, 0.2) is 24.3 Å². The molecule has 1 fully saturated rings. The molecule has 2 rings (SSSR count). The van der Waals surface area contributed by atoms with Gasteiger partial charge in [-0.05, 0) is 37.8 Å². The van der Waals surface area contributed by atoms with E-state index in [0.717, 1.165) is 0 Å². The number of carboxylic acid groups (broad SMARTS) is 1. The lowest BCUT2D eigenvalue weighted by Crippen LogP contribution is -2.10. The normalized spacial score (nSPS) is 16.2. The van der Waals surface area contributed by atoms with Gasteiger partial charge in [-0.2, -0.15) is 0 Å². The van der Waals surface area contributed by atoms with Crippen LogP contribution in [0.5, 0.6) is 0 Å². The molecule has 1 aliphatic rings. The Morgan fingerprint density at radius 3 is 2.25 bits per heavy atom. The lowest BCUT2D eigenvalue weighted by molar-refractivity contribution is 0.0697. The predicted octanol–water partition coefficient (Wildman–Crippen LogP) is 1.97. The van der Waals surface area contributed by atoms with Gasteiger partial charge >= 0.3 is 5.97 Å². The van der Waals surface area contributed by atoms with Crippen LogP contribution in [-0.4, -0.2) is 16.9 Å². The van der Waals surface area contributed by atoms with Gasteiger partial charge < -0.3 is 5.11 Å². The Balaban J connectivity index is 2.22. The maximum atomic E-state index is 11.9. The molecule has 3 heteroatoms. The molecule has 0 amide bonds. The van der Waals surface area contributed by atoms with Gasteiger partial charge in [-0.25, -0.2) is 4.79 Å². The first kappa shape index (κ1) is 10.9. The number of carbonyl (C=O) groups is 2. The zero-order valence-corrected chi connectivity index (χ0v) is 8.38. The Labute approximate surface area is 94.1 Å². The van der Waals surface area contributed by atoms with Crippen molar-refractivity contribution in [2.75, 3.05) is 0 Å². The van der Waals surface area contributed by atoms with Gasteiger partial charge in [0.15, 0.2) is 5.78 Å². The van der Waals surface area contributed by atoms with E-state index in [-0.39, 0.29) is 11.3 Å². The van der Waals surface area contributed by atoms with E-state index in [1.54, 1.807) is 37.8 Å². The predicted molar refractivity (Wildman–Crippen MR) is 58.2 cm³/mol. The molecule has 0 saturated heterocycles. The Morgan fingerprint density at radius 1 is 1.00 bits per heavy atom. The summed E-state index contributed by atoms with van der Waals surface area (Å²) >= 11 is 0. The van der Waals surface area contributed by atoms with Gasteiger partial charge in [0.2, 0.25) is 0 Å². The van der Waals surface area contributed by atoms with Crippen molar-refractivity contribution in [2.45, 2.75) is 0 Å². The highest BCUT2D eigenvalue weighted by atomic mass is 16.4. The fourth-order valence-electron chi connectivity index (χ4n) is 1.49. The summed E-state index contributed by atoms with van der Waals surface area (Å²) < 4.78 is 0. The van der Waals surface area contributed by atoms with E-state index < -0.39 is 5.97 Å². The quantitative estimate of drug-likeness (QED) is 0.781. The molecule has 1 aromatic carbocycles. The number of rotatable bonds is 3. The van der Waals surface area contributed by atoms with Crippen molar-refractivity contribution in [3.63, 3.8) is 0 Å². The van der Waals surface area contributed by atoms with Crippen LogP contribution in [0.1, 0.15) is 20.7 Å². The molecule has 1 aromatic rings. The summed E-state index contributed by atoms with van der Waals surface area (Å²) in [7, 11) is 0. The van der Waals surface area contributed by atoms with E-state index in [2.05, 4.69) is 0 Å². The number of aromatic carboxylic acids is 1. The molecule has 0 bridgehead atoms. The van der Waals surface area contributed by atoms with Crippen molar-refractivity contribution in [3.05, 3.63) is 67.0 Å². The highest BCUT2D eigenvalue weighted by Crippen LogP contribution is 2.26. The molecule has 16 heavy (non-hydrogen) atoms. The van der Waals surface area contributed by atoms with E-state index >= 15 is 0 Å². The molecule has 0 heterocycles. The number of hydrogen-bond donors (Lipinski definition) is 1. The zero-order chi connectivity index (χ0) is 11.5. The Morgan fingerprint density at radius 2 is 1.62 bits per heavy atom. The summed E-state index contributed by atoms with van der Waals surface area (Å²) in [5.74, 6) is -0.618. The molecular formula is C13H9O3. The summed E-state index contributed by atoms with van der Waals surface area (Å²) in [6.07, 6.45) is 6.95. The average molecular weight is 213 g/mol. The molecule has 3 nitrogen and oxygen atoms in total. The van der Waals surface area contributed by atoms with Crippen LogP contribution >= 0.6 is 0 Å². The fourth-order valence-corrected chi connectivity index (χ4v) is 1.49. The minimum Gasteiger partial charge on any atom is -0.478 e. The maximum Gasteiger partial charge on any atom is 0.335 e. The lowest BCUT2D eigenvalue weighted by Gasteiger charge is -2.06. The van der Waals surface area contributed by atoms with Crippen LogP contribution in [0.4, 0.5) is 0 Å². The third kappa shape index (κ3) is 2.13. The number of hydrogen-bond acceptors (Lipinski definition) is 2. The van der Waals surface area contributed by atoms with E-state index in [9.17, 15) is 9.59 Å². The summed E-state index contributed by atoms with van der Waals surface area (Å²) in [5.41, 5.74) is 0.517. The molecule has 5 radical (unpaired) electrons. The first-order valence-electron chi connectivity index (χ1n) is 4.78. The van der Waals surface area contributed by atoms with E-state index in [0.29, 0.717) is 11.5 Å². The highest BCUT2D eigenvalue weighted by Gasteiger charge is 2.25. The minimum atomic E-state index is -1.03. The van der Waals surface area contributed by atoms with Crippen LogP contribution in [0.2, 0.25) is 0 Å². The summed E-state index contributed by atoms with van der Waals surface area (Å²) in [5, 5.41) is 8.81. The minimum absolute atomic E-state index is 0.123. The lowest BCUT2D eigenvalue weighted by atomic mass is 9.95. The second-order valence-electron chi connectivity index (χ2n) is 3.39. The molecule has 1 aliphatic carbocycles. The largest absolute Gasteiger partial charge is 0.478 e. The van der Waals surface area contributed by atoms with Gasteiger partial charge in [-0.15, -0.1) is 0 Å². The smallest absolute Gasteiger partial charge is 0.335 e. The molecule has 0 aliphatic heterocycles. The fraction of sp³-hybridized carbons (Fsp3) is 0. The third-order valence-electron chi connectivity index (χ3n) is 2.30. The molecular weight excluding hydrogens is 204 g/mol. The van der Waals surface area contributed by atoms with Crippen molar-refractivity contribution >= 4 is 11.8 Å². The average Bonchev–Trinajstić information content (AvgIpc) is 2.81. The molecule has 0 aromatic heterocycles. The van der Waals surface area contributed by atoms with Crippen LogP contribution in [0.25, 0.3) is 0 Å². The third-order valence-corrected chi connectivity index (χ3v) is 2.30. The van der Waals surface area contributed by atoms with Crippen LogP contribution in [-0.2, 0) is 0 Å². The number of carboxylic acids is 1. The standard InChI is InChI=1S/C13H9O3/c14-12(9-4-1-2-5-9)10-6-3-7-11(8-10)13(15)16/h1-8H,(H,15,16). The van der Waals surface area contributed by atoms with Gasteiger partial charge in [0, 0.05) is 5.56 Å². The molecule has 0 atom stereocenters. The molecule has 1 N–H and O–H groups in total. The van der Waals surface area contributed by atoms with Gasteiger partial charge in [-0.3, -0.25) is 4.79 Å². The Bertz CT molecular complexity index is 417. The van der Waals surface area contributed by atoms with E-state index in [4.69, 9.17) is 5.11 Å². The molecule has 0 unspecified atom stereocenters. The summed E-state index contributed by atoms with van der Waals surface area (Å²) in [6, 6.07) is 6.03. The van der Waals surface area contributed by atoms with Gasteiger partial charge in [0.25, 0.3) is 0 Å². The highest BCUT2D eigenvalue weighted by molar-refractivity contribution is 6.10. The van der Waals surface area contributed by atoms with Crippen LogP contribution in [0.3, 0.4) is 0 Å². The first-order valence-corrected chi connectivity index (χ1v) is 4.78.